The van der Waals surface area contributed by atoms with Gasteiger partial charge in [0.15, 0.2) is 6.04 Å². The molecule has 1 fully saturated rings. The number of hydrazine groups is 1. The summed E-state index contributed by atoms with van der Waals surface area (Å²) in [6, 6.07) is 3.27. The number of halogens is 3. The molecule has 5 nitrogen and oxygen atoms in total. The molecule has 0 spiro atoms. The van der Waals surface area contributed by atoms with Gasteiger partial charge < -0.3 is 5.43 Å². The maximum Gasteiger partial charge on any atom is 0.414 e. The number of sulfonamides is 1. The lowest BCUT2D eigenvalue weighted by atomic mass is 9.87. The Morgan fingerprint density at radius 2 is 1.68 bits per heavy atom. The Morgan fingerprint density at radius 3 is 2.20 bits per heavy atom. The van der Waals surface area contributed by atoms with Gasteiger partial charge in [0.1, 0.15) is 0 Å². The summed E-state index contributed by atoms with van der Waals surface area (Å²) in [6.07, 6.45) is 1.70. The van der Waals surface area contributed by atoms with Gasteiger partial charge in [0, 0.05) is 11.6 Å². The van der Waals surface area contributed by atoms with Crippen LogP contribution < -0.4 is 15.6 Å². The zero-order valence-corrected chi connectivity index (χ0v) is 14.3. The monoisotopic (exact) mass is 375 g/mol. The summed E-state index contributed by atoms with van der Waals surface area (Å²) in [5.41, 5.74) is 3.71. The third-order valence-corrected chi connectivity index (χ3v) is 5.62. The third-order valence-electron chi connectivity index (χ3n) is 4.69. The molecule has 1 atom stereocenters. The van der Waals surface area contributed by atoms with Crippen LogP contribution in [-0.2, 0) is 10.0 Å². The van der Waals surface area contributed by atoms with E-state index in [2.05, 4.69) is 5.43 Å². The van der Waals surface area contributed by atoms with Crippen molar-refractivity contribution in [2.75, 3.05) is 5.01 Å². The average molecular weight is 375 g/mol. The van der Waals surface area contributed by atoms with Crippen LogP contribution in [0, 0.1) is 5.92 Å². The average Bonchev–Trinajstić information content (AvgIpc) is 3.01. The highest BCUT2D eigenvalue weighted by Crippen LogP contribution is 2.37. The van der Waals surface area contributed by atoms with Crippen LogP contribution in [0.15, 0.2) is 40.9 Å². The first-order valence-corrected chi connectivity index (χ1v) is 9.68. The molecule has 0 amide bonds. The number of nitrogens with zero attached hydrogens (tertiary/aromatic N) is 1. The van der Waals surface area contributed by atoms with Crippen molar-refractivity contribution >= 4 is 15.7 Å². The van der Waals surface area contributed by atoms with Gasteiger partial charge in [0.05, 0.1) is 10.6 Å². The Labute approximate surface area is 144 Å². The molecule has 1 aliphatic heterocycles. The number of nitrogens with two attached hydrogens (primary N) is 1. The number of alkyl halides is 3. The lowest BCUT2D eigenvalue weighted by Crippen LogP contribution is -2.47. The van der Waals surface area contributed by atoms with Gasteiger partial charge in [-0.2, -0.15) is 13.2 Å². The molecule has 138 valence electrons. The van der Waals surface area contributed by atoms with Crippen LogP contribution in [0.2, 0.25) is 0 Å². The minimum Gasteiger partial charge on any atom is -0.302 e. The summed E-state index contributed by atoms with van der Waals surface area (Å²) in [5.74, 6) is 0.104. The minimum absolute atomic E-state index is 0.104. The molecule has 2 aliphatic rings. The molecule has 3 rings (SSSR count). The SMILES string of the molecule is NS(=O)(=O)c1ccc(N2NC(C3CCCCC3)=CC2C(F)(F)F)cc1. The predicted molar refractivity (Wildman–Crippen MR) is 87.9 cm³/mol. The number of benzene rings is 1. The fraction of sp³-hybridized carbons (Fsp3) is 0.500. The molecule has 1 unspecified atom stereocenters. The highest BCUT2D eigenvalue weighted by molar-refractivity contribution is 7.89. The number of hydrogen-bond acceptors (Lipinski definition) is 4. The summed E-state index contributed by atoms with van der Waals surface area (Å²) >= 11 is 0. The molecule has 0 aromatic heterocycles. The van der Waals surface area contributed by atoms with Crippen molar-refractivity contribution in [3.8, 4) is 0 Å². The molecule has 0 radical (unpaired) electrons. The van der Waals surface area contributed by atoms with E-state index >= 15 is 0 Å². The number of hydrogen-bond donors (Lipinski definition) is 2. The first-order chi connectivity index (χ1) is 11.7. The van der Waals surface area contributed by atoms with Crippen LogP contribution >= 0.6 is 0 Å². The van der Waals surface area contributed by atoms with E-state index in [9.17, 15) is 21.6 Å². The van der Waals surface area contributed by atoms with Crippen LogP contribution in [0.3, 0.4) is 0 Å². The summed E-state index contributed by atoms with van der Waals surface area (Å²) in [5, 5.41) is 6.07. The second kappa shape index (κ2) is 6.53. The normalized spacial score (nSPS) is 22.6. The zero-order chi connectivity index (χ0) is 18.2. The number of allylic oxidation sites excluding steroid dienone is 1. The van der Waals surface area contributed by atoms with E-state index in [0.29, 0.717) is 5.70 Å². The molecule has 1 aliphatic carbocycles. The largest absolute Gasteiger partial charge is 0.414 e. The maximum absolute atomic E-state index is 13.5. The highest BCUT2D eigenvalue weighted by atomic mass is 32.2. The Morgan fingerprint density at radius 1 is 1.08 bits per heavy atom. The van der Waals surface area contributed by atoms with E-state index in [-0.39, 0.29) is 16.5 Å². The molecule has 1 aromatic carbocycles. The van der Waals surface area contributed by atoms with E-state index in [1.54, 1.807) is 0 Å². The lowest BCUT2D eigenvalue weighted by Gasteiger charge is -2.30. The molecular weight excluding hydrogens is 355 g/mol. The number of primary sulfonamides is 1. The van der Waals surface area contributed by atoms with Gasteiger partial charge in [-0.15, -0.1) is 0 Å². The van der Waals surface area contributed by atoms with E-state index < -0.39 is 22.2 Å². The van der Waals surface area contributed by atoms with Crippen LogP contribution in [0.5, 0.6) is 0 Å². The molecule has 9 heteroatoms. The van der Waals surface area contributed by atoms with Crippen molar-refractivity contribution in [1.82, 2.24) is 5.43 Å². The standard InChI is InChI=1S/C16H20F3N3O2S/c17-16(18,19)15-10-14(11-4-2-1-3-5-11)21-22(15)12-6-8-13(9-7-12)25(20,23)24/h6-11,15,21H,1-5H2,(H2,20,23,24). The van der Waals surface area contributed by atoms with Gasteiger partial charge in [-0.3, -0.25) is 5.01 Å². The quantitative estimate of drug-likeness (QED) is 0.851. The van der Waals surface area contributed by atoms with Crippen molar-refractivity contribution in [2.24, 2.45) is 11.1 Å². The smallest absolute Gasteiger partial charge is 0.302 e. The molecule has 0 saturated heterocycles. The fourth-order valence-corrected chi connectivity index (χ4v) is 3.91. The fourth-order valence-electron chi connectivity index (χ4n) is 3.39. The van der Waals surface area contributed by atoms with Gasteiger partial charge in [0.25, 0.3) is 0 Å². The van der Waals surface area contributed by atoms with Crippen LogP contribution in [0.4, 0.5) is 18.9 Å². The summed E-state index contributed by atoms with van der Waals surface area (Å²) in [7, 11) is -3.89. The van der Waals surface area contributed by atoms with Crippen molar-refractivity contribution in [3.05, 3.63) is 36.0 Å². The highest BCUT2D eigenvalue weighted by Gasteiger charge is 2.47. The zero-order valence-electron chi connectivity index (χ0n) is 13.5. The Kier molecular flexibility index (Phi) is 4.72. The molecule has 1 aromatic rings. The predicted octanol–water partition coefficient (Wildman–Crippen LogP) is 3.05. The molecule has 0 bridgehead atoms. The van der Waals surface area contributed by atoms with E-state index in [1.165, 1.54) is 30.3 Å². The van der Waals surface area contributed by atoms with Gasteiger partial charge in [0.2, 0.25) is 10.0 Å². The summed E-state index contributed by atoms with van der Waals surface area (Å²) < 4.78 is 63.0. The molecule has 1 heterocycles. The van der Waals surface area contributed by atoms with Gasteiger partial charge >= 0.3 is 6.18 Å². The van der Waals surface area contributed by atoms with Crippen molar-refractivity contribution < 1.29 is 21.6 Å². The van der Waals surface area contributed by atoms with Crippen LogP contribution in [0.25, 0.3) is 0 Å². The Balaban J connectivity index is 1.87. The maximum atomic E-state index is 13.5. The summed E-state index contributed by atoms with van der Waals surface area (Å²) in [4.78, 5) is -0.139. The lowest BCUT2D eigenvalue weighted by molar-refractivity contribution is -0.137. The van der Waals surface area contributed by atoms with Gasteiger partial charge in [-0.1, -0.05) is 19.3 Å². The van der Waals surface area contributed by atoms with Crippen LogP contribution in [-0.4, -0.2) is 20.6 Å². The first kappa shape index (κ1) is 18.1. The van der Waals surface area contributed by atoms with Gasteiger partial charge in [-0.05, 0) is 43.2 Å². The summed E-state index contributed by atoms with van der Waals surface area (Å²) in [6.45, 7) is 0. The van der Waals surface area contributed by atoms with E-state index in [4.69, 9.17) is 5.14 Å². The third kappa shape index (κ3) is 3.92. The Hall–Kier alpha value is -1.74. The van der Waals surface area contributed by atoms with Crippen molar-refractivity contribution in [3.63, 3.8) is 0 Å². The number of anilines is 1. The van der Waals surface area contributed by atoms with E-state index in [1.807, 2.05) is 0 Å². The van der Waals surface area contributed by atoms with Crippen LogP contribution in [0.1, 0.15) is 32.1 Å². The second-order valence-corrected chi connectivity index (χ2v) is 8.03. The second-order valence-electron chi connectivity index (χ2n) is 6.46. The van der Waals surface area contributed by atoms with Gasteiger partial charge in [-0.25, -0.2) is 13.6 Å². The molecule has 25 heavy (non-hydrogen) atoms. The number of rotatable bonds is 3. The Bertz CT molecular complexity index is 754. The van der Waals surface area contributed by atoms with Crippen molar-refractivity contribution in [1.29, 1.82) is 0 Å². The molecular formula is C16H20F3N3O2S. The first-order valence-electron chi connectivity index (χ1n) is 8.13. The van der Waals surface area contributed by atoms with E-state index in [0.717, 1.165) is 37.1 Å². The molecule has 3 N–H and O–H groups in total. The molecule has 1 saturated carbocycles. The number of nitrogens with one attached hydrogen (secondary N) is 1. The topological polar surface area (TPSA) is 75.4 Å². The minimum atomic E-state index is -4.44. The van der Waals surface area contributed by atoms with Crippen molar-refractivity contribution in [2.45, 2.75) is 49.2 Å².